The molecule has 0 aromatic heterocycles. The lowest BCUT2D eigenvalue weighted by Crippen LogP contribution is -2.46. The molecular formula is C21H30N2O3. The van der Waals surface area contributed by atoms with Crippen molar-refractivity contribution in [3.8, 4) is 5.75 Å². The van der Waals surface area contributed by atoms with Gasteiger partial charge in [0.05, 0.1) is 0 Å². The molecule has 0 bridgehead atoms. The molecule has 1 aromatic carbocycles. The largest absolute Gasteiger partial charge is 0.484 e. The highest BCUT2D eigenvalue weighted by molar-refractivity contribution is 5.80. The number of aryl methyl sites for hydroxylation is 2. The van der Waals surface area contributed by atoms with Crippen LogP contribution in [0.3, 0.4) is 0 Å². The zero-order valence-corrected chi connectivity index (χ0v) is 16.0. The van der Waals surface area contributed by atoms with Crippen molar-refractivity contribution in [1.82, 2.24) is 9.80 Å². The van der Waals surface area contributed by atoms with Crippen LogP contribution in [0.2, 0.25) is 0 Å². The van der Waals surface area contributed by atoms with Crippen molar-refractivity contribution >= 4 is 11.8 Å². The van der Waals surface area contributed by atoms with E-state index in [1.165, 1.54) is 12.0 Å². The van der Waals surface area contributed by atoms with Gasteiger partial charge in [0.25, 0.3) is 5.91 Å². The van der Waals surface area contributed by atoms with Crippen LogP contribution in [0.15, 0.2) is 18.2 Å². The third kappa shape index (κ3) is 4.57. The second kappa shape index (κ2) is 8.56. The van der Waals surface area contributed by atoms with Gasteiger partial charge in [0, 0.05) is 32.1 Å². The van der Waals surface area contributed by atoms with E-state index in [1.54, 1.807) is 0 Å². The Labute approximate surface area is 156 Å². The summed E-state index contributed by atoms with van der Waals surface area (Å²) >= 11 is 0. The van der Waals surface area contributed by atoms with Crippen molar-refractivity contribution in [3.05, 3.63) is 29.3 Å². The Morgan fingerprint density at radius 3 is 2.35 bits per heavy atom. The second-order valence-electron chi connectivity index (χ2n) is 7.60. The van der Waals surface area contributed by atoms with Crippen LogP contribution < -0.4 is 4.74 Å². The van der Waals surface area contributed by atoms with Crippen LogP contribution >= 0.6 is 0 Å². The zero-order valence-electron chi connectivity index (χ0n) is 16.0. The lowest BCUT2D eigenvalue weighted by Gasteiger charge is -2.35. The molecule has 0 atom stereocenters. The standard InChI is InChI=1S/C21H30N2O3/c1-16-6-7-19(17(2)14-16)26-15-20(24)22-12-8-18(9-13-22)21(25)23-10-4-3-5-11-23/h6-7,14,18H,3-5,8-13,15H2,1-2H3. The molecule has 3 rings (SSSR count). The van der Waals surface area contributed by atoms with E-state index < -0.39 is 0 Å². The van der Waals surface area contributed by atoms with Gasteiger partial charge in [0.15, 0.2) is 6.61 Å². The maximum Gasteiger partial charge on any atom is 0.260 e. The number of benzene rings is 1. The number of nitrogens with zero attached hydrogens (tertiary/aromatic N) is 2. The summed E-state index contributed by atoms with van der Waals surface area (Å²) in [5, 5.41) is 0. The Morgan fingerprint density at radius 2 is 1.69 bits per heavy atom. The van der Waals surface area contributed by atoms with E-state index in [-0.39, 0.29) is 18.4 Å². The maximum absolute atomic E-state index is 12.6. The first-order valence-electron chi connectivity index (χ1n) is 9.81. The van der Waals surface area contributed by atoms with E-state index >= 15 is 0 Å². The van der Waals surface area contributed by atoms with Crippen LogP contribution in [0.5, 0.6) is 5.75 Å². The van der Waals surface area contributed by atoms with Crippen molar-refractivity contribution in [3.63, 3.8) is 0 Å². The number of piperidine rings is 2. The van der Waals surface area contributed by atoms with Gasteiger partial charge in [0.2, 0.25) is 5.91 Å². The lowest BCUT2D eigenvalue weighted by atomic mass is 9.94. The molecule has 0 N–H and O–H groups in total. The fraction of sp³-hybridized carbons (Fsp3) is 0.619. The fourth-order valence-electron chi connectivity index (χ4n) is 3.94. The summed E-state index contributed by atoms with van der Waals surface area (Å²) in [6.45, 7) is 7.21. The van der Waals surface area contributed by atoms with Crippen LogP contribution in [0.4, 0.5) is 0 Å². The van der Waals surface area contributed by atoms with E-state index in [4.69, 9.17) is 4.74 Å². The summed E-state index contributed by atoms with van der Waals surface area (Å²) in [7, 11) is 0. The van der Waals surface area contributed by atoms with Crippen LogP contribution in [-0.2, 0) is 9.59 Å². The number of amides is 2. The monoisotopic (exact) mass is 358 g/mol. The number of rotatable bonds is 4. The molecule has 0 unspecified atom stereocenters. The highest BCUT2D eigenvalue weighted by Gasteiger charge is 2.30. The molecule has 2 fully saturated rings. The molecule has 2 aliphatic rings. The first-order chi connectivity index (χ1) is 12.5. The highest BCUT2D eigenvalue weighted by Crippen LogP contribution is 2.23. The van der Waals surface area contributed by atoms with Gasteiger partial charge in [-0.2, -0.15) is 0 Å². The molecule has 0 saturated carbocycles. The number of hydrogen-bond donors (Lipinski definition) is 0. The second-order valence-corrected chi connectivity index (χ2v) is 7.60. The van der Waals surface area contributed by atoms with E-state index in [0.29, 0.717) is 19.0 Å². The average Bonchev–Trinajstić information content (AvgIpc) is 2.67. The van der Waals surface area contributed by atoms with Crippen molar-refractivity contribution in [2.75, 3.05) is 32.8 Å². The van der Waals surface area contributed by atoms with Gasteiger partial charge in [-0.25, -0.2) is 0 Å². The topological polar surface area (TPSA) is 49.9 Å². The molecule has 142 valence electrons. The molecule has 26 heavy (non-hydrogen) atoms. The number of likely N-dealkylation sites (tertiary alicyclic amines) is 2. The lowest BCUT2D eigenvalue weighted by molar-refractivity contribution is -0.142. The van der Waals surface area contributed by atoms with E-state index in [1.807, 2.05) is 35.8 Å². The van der Waals surface area contributed by atoms with Crippen LogP contribution in [0.25, 0.3) is 0 Å². The van der Waals surface area contributed by atoms with E-state index in [9.17, 15) is 9.59 Å². The maximum atomic E-state index is 12.6. The SMILES string of the molecule is Cc1ccc(OCC(=O)N2CCC(C(=O)N3CCCCC3)CC2)c(C)c1. The molecule has 2 amide bonds. The Morgan fingerprint density at radius 1 is 1.00 bits per heavy atom. The van der Waals surface area contributed by atoms with Gasteiger partial charge >= 0.3 is 0 Å². The Hall–Kier alpha value is -2.04. The highest BCUT2D eigenvalue weighted by atomic mass is 16.5. The molecule has 0 radical (unpaired) electrons. The van der Waals surface area contributed by atoms with Crippen molar-refractivity contribution in [2.45, 2.75) is 46.0 Å². The third-order valence-electron chi connectivity index (χ3n) is 5.55. The number of hydrogen-bond acceptors (Lipinski definition) is 3. The van der Waals surface area contributed by atoms with Crippen LogP contribution in [0, 0.1) is 19.8 Å². The minimum absolute atomic E-state index is 0.00819. The van der Waals surface area contributed by atoms with Gasteiger partial charge in [-0.05, 0) is 57.6 Å². The first-order valence-corrected chi connectivity index (χ1v) is 9.81. The van der Waals surface area contributed by atoms with Gasteiger partial charge in [-0.3, -0.25) is 9.59 Å². The van der Waals surface area contributed by atoms with Gasteiger partial charge in [-0.1, -0.05) is 17.7 Å². The Bertz CT molecular complexity index is 645. The molecule has 0 spiro atoms. The number of carbonyl (C=O) groups excluding carboxylic acids is 2. The third-order valence-corrected chi connectivity index (χ3v) is 5.55. The minimum atomic E-state index is 0.00819. The Kier molecular flexibility index (Phi) is 6.17. The van der Waals surface area contributed by atoms with E-state index in [2.05, 4.69) is 6.07 Å². The van der Waals surface area contributed by atoms with Crippen LogP contribution in [0.1, 0.15) is 43.2 Å². The predicted octanol–water partition coefficient (Wildman–Crippen LogP) is 2.93. The fourth-order valence-corrected chi connectivity index (χ4v) is 3.94. The smallest absolute Gasteiger partial charge is 0.260 e. The van der Waals surface area contributed by atoms with Crippen molar-refractivity contribution in [2.24, 2.45) is 5.92 Å². The average molecular weight is 358 g/mol. The molecular weight excluding hydrogens is 328 g/mol. The van der Waals surface area contributed by atoms with Gasteiger partial charge in [-0.15, -0.1) is 0 Å². The number of carbonyl (C=O) groups is 2. The molecule has 1 aromatic rings. The summed E-state index contributed by atoms with van der Waals surface area (Å²) in [5.74, 6) is 1.15. The van der Waals surface area contributed by atoms with Gasteiger partial charge in [0.1, 0.15) is 5.75 Å². The van der Waals surface area contributed by atoms with Gasteiger partial charge < -0.3 is 14.5 Å². The molecule has 2 saturated heterocycles. The normalized spacial score (nSPS) is 18.7. The van der Waals surface area contributed by atoms with Crippen LogP contribution in [-0.4, -0.2) is 54.4 Å². The molecule has 5 heteroatoms. The summed E-state index contributed by atoms with van der Waals surface area (Å²) in [6, 6.07) is 5.96. The summed E-state index contributed by atoms with van der Waals surface area (Å²) in [5.41, 5.74) is 2.23. The Balaban J connectivity index is 1.45. The summed E-state index contributed by atoms with van der Waals surface area (Å²) in [4.78, 5) is 28.9. The quantitative estimate of drug-likeness (QED) is 0.831. The molecule has 2 heterocycles. The molecule has 5 nitrogen and oxygen atoms in total. The zero-order chi connectivity index (χ0) is 18.5. The first kappa shape index (κ1) is 18.7. The predicted molar refractivity (Wildman–Crippen MR) is 101 cm³/mol. The number of ether oxygens (including phenoxy) is 1. The van der Waals surface area contributed by atoms with Crippen molar-refractivity contribution in [1.29, 1.82) is 0 Å². The molecule has 0 aliphatic carbocycles. The summed E-state index contributed by atoms with van der Waals surface area (Å²) in [6.07, 6.45) is 5.02. The van der Waals surface area contributed by atoms with Crippen molar-refractivity contribution < 1.29 is 14.3 Å². The van der Waals surface area contributed by atoms with E-state index in [0.717, 1.165) is 50.1 Å². The molecule has 2 aliphatic heterocycles. The minimum Gasteiger partial charge on any atom is -0.484 e. The summed E-state index contributed by atoms with van der Waals surface area (Å²) < 4.78 is 5.71.